The summed E-state index contributed by atoms with van der Waals surface area (Å²) in [5.74, 6) is 1.38. The van der Waals surface area contributed by atoms with Gasteiger partial charge in [0.15, 0.2) is 11.5 Å². The molecule has 0 saturated carbocycles. The number of nitrogens with zero attached hydrogens (tertiary/aromatic N) is 3. The number of amides is 1. The van der Waals surface area contributed by atoms with Gasteiger partial charge in [0.2, 0.25) is 0 Å². The van der Waals surface area contributed by atoms with Gasteiger partial charge in [-0.3, -0.25) is 14.2 Å². The van der Waals surface area contributed by atoms with Gasteiger partial charge in [-0.25, -0.2) is 10.4 Å². The number of hydrazone groups is 1. The maximum Gasteiger partial charge on any atom is 0.262 e. The Labute approximate surface area is 224 Å². The molecule has 1 N–H and O–H groups in total. The standard InChI is InChI=1S/C29H30N4O4S/c1-18-4-7-20(8-5-18)16-37-23-11-9-21(13-24(23)36-3)14-31-32-26(34)15-33-17-30-28-27(29(33)35)22-10-6-19(2)12-25(22)38-28/h4-5,7-9,11,13-14,17,19H,6,10,12,15-16H2,1-3H3,(H,32,34). The van der Waals surface area contributed by atoms with E-state index in [1.54, 1.807) is 30.6 Å². The number of fused-ring (bicyclic) bond motifs is 3. The number of hydrogen-bond donors (Lipinski definition) is 1. The summed E-state index contributed by atoms with van der Waals surface area (Å²) >= 11 is 1.60. The molecule has 2 heterocycles. The maximum atomic E-state index is 13.1. The lowest BCUT2D eigenvalue weighted by atomic mass is 9.89. The van der Waals surface area contributed by atoms with Crippen molar-refractivity contribution in [3.63, 3.8) is 0 Å². The molecule has 0 aliphatic heterocycles. The first-order valence-corrected chi connectivity index (χ1v) is 13.4. The van der Waals surface area contributed by atoms with Crippen molar-refractivity contribution in [1.29, 1.82) is 0 Å². The Bertz CT molecular complexity index is 1560. The minimum absolute atomic E-state index is 0.157. The van der Waals surface area contributed by atoms with Crippen molar-refractivity contribution >= 4 is 33.7 Å². The number of benzene rings is 2. The smallest absolute Gasteiger partial charge is 0.262 e. The Morgan fingerprint density at radius 3 is 2.84 bits per heavy atom. The molecule has 5 rings (SSSR count). The molecule has 0 saturated heterocycles. The van der Waals surface area contributed by atoms with E-state index < -0.39 is 5.91 Å². The molecule has 38 heavy (non-hydrogen) atoms. The zero-order chi connectivity index (χ0) is 26.6. The van der Waals surface area contributed by atoms with Gasteiger partial charge in [0, 0.05) is 4.88 Å². The maximum absolute atomic E-state index is 13.1. The fourth-order valence-electron chi connectivity index (χ4n) is 4.58. The van der Waals surface area contributed by atoms with Crippen LogP contribution in [0.1, 0.15) is 40.5 Å². The SMILES string of the molecule is COc1cc(C=NNC(=O)Cn2cnc3sc4c(c3c2=O)CCC(C)C4)ccc1OCc1ccc(C)cc1. The Hall–Kier alpha value is -3.98. The summed E-state index contributed by atoms with van der Waals surface area (Å²) in [6.07, 6.45) is 5.89. The number of aromatic nitrogens is 2. The van der Waals surface area contributed by atoms with Gasteiger partial charge in [-0.1, -0.05) is 36.8 Å². The normalized spacial score (nSPS) is 15.0. The minimum atomic E-state index is -0.410. The number of thiophene rings is 1. The second-order valence-electron chi connectivity index (χ2n) is 9.69. The fourth-order valence-corrected chi connectivity index (χ4v) is 5.92. The van der Waals surface area contributed by atoms with E-state index >= 15 is 0 Å². The van der Waals surface area contributed by atoms with Gasteiger partial charge in [-0.05, 0) is 67.0 Å². The highest BCUT2D eigenvalue weighted by atomic mass is 32.1. The molecule has 2 aromatic carbocycles. The molecular weight excluding hydrogens is 500 g/mol. The molecule has 1 atom stereocenters. The largest absolute Gasteiger partial charge is 0.493 e. The highest BCUT2D eigenvalue weighted by Crippen LogP contribution is 2.35. The van der Waals surface area contributed by atoms with Crippen molar-refractivity contribution in [2.75, 3.05) is 7.11 Å². The lowest BCUT2D eigenvalue weighted by Crippen LogP contribution is -2.30. The van der Waals surface area contributed by atoms with Crippen molar-refractivity contribution in [2.45, 2.75) is 46.3 Å². The lowest BCUT2D eigenvalue weighted by molar-refractivity contribution is -0.121. The van der Waals surface area contributed by atoms with E-state index in [9.17, 15) is 9.59 Å². The zero-order valence-electron chi connectivity index (χ0n) is 21.7. The van der Waals surface area contributed by atoms with Crippen LogP contribution in [0.5, 0.6) is 11.5 Å². The zero-order valence-corrected chi connectivity index (χ0v) is 22.5. The second kappa shape index (κ2) is 11.2. The first kappa shape index (κ1) is 25.7. The summed E-state index contributed by atoms with van der Waals surface area (Å²) in [5, 5.41) is 4.71. The quantitative estimate of drug-likeness (QED) is 0.265. The summed E-state index contributed by atoms with van der Waals surface area (Å²) in [6, 6.07) is 13.6. The van der Waals surface area contributed by atoms with Crippen molar-refractivity contribution in [2.24, 2.45) is 11.0 Å². The number of carbonyl (C=O) groups is 1. The van der Waals surface area contributed by atoms with Crippen LogP contribution in [0, 0.1) is 12.8 Å². The molecule has 1 unspecified atom stereocenters. The van der Waals surface area contributed by atoms with Crippen molar-refractivity contribution in [3.8, 4) is 11.5 Å². The summed E-state index contributed by atoms with van der Waals surface area (Å²) in [5.41, 5.74) is 6.41. The van der Waals surface area contributed by atoms with Crippen LogP contribution < -0.4 is 20.5 Å². The van der Waals surface area contributed by atoms with Crippen molar-refractivity contribution in [1.82, 2.24) is 15.0 Å². The average molecular weight is 531 g/mol. The van der Waals surface area contributed by atoms with Crippen LogP contribution in [-0.2, 0) is 30.8 Å². The highest BCUT2D eigenvalue weighted by Gasteiger charge is 2.23. The third-order valence-electron chi connectivity index (χ3n) is 6.70. The Kier molecular flexibility index (Phi) is 7.55. The molecule has 8 nitrogen and oxygen atoms in total. The van der Waals surface area contributed by atoms with Gasteiger partial charge in [0.05, 0.1) is 25.0 Å². The molecule has 1 aliphatic carbocycles. The predicted octanol–water partition coefficient (Wildman–Crippen LogP) is 4.63. The Morgan fingerprint density at radius 1 is 1.24 bits per heavy atom. The lowest BCUT2D eigenvalue weighted by Gasteiger charge is -2.17. The molecule has 1 aliphatic rings. The fraction of sp³-hybridized carbons (Fsp3) is 0.310. The van der Waals surface area contributed by atoms with Crippen LogP contribution >= 0.6 is 11.3 Å². The van der Waals surface area contributed by atoms with E-state index in [-0.39, 0.29) is 12.1 Å². The van der Waals surface area contributed by atoms with Crippen LogP contribution in [0.3, 0.4) is 0 Å². The molecular formula is C29H30N4O4S. The summed E-state index contributed by atoms with van der Waals surface area (Å²) in [6.45, 7) is 4.54. The van der Waals surface area contributed by atoms with Gasteiger partial charge in [-0.2, -0.15) is 5.10 Å². The van der Waals surface area contributed by atoms with E-state index in [0.29, 0.717) is 29.4 Å². The van der Waals surface area contributed by atoms with Crippen molar-refractivity contribution in [3.05, 3.63) is 86.3 Å². The molecule has 0 bridgehead atoms. The summed E-state index contributed by atoms with van der Waals surface area (Å²) < 4.78 is 12.7. The Balaban J connectivity index is 1.21. The van der Waals surface area contributed by atoms with E-state index in [2.05, 4.69) is 22.4 Å². The molecule has 0 radical (unpaired) electrons. The molecule has 1 amide bonds. The van der Waals surface area contributed by atoms with Gasteiger partial charge >= 0.3 is 0 Å². The number of hydrogen-bond acceptors (Lipinski definition) is 7. The monoisotopic (exact) mass is 530 g/mol. The topological polar surface area (TPSA) is 94.8 Å². The van der Waals surface area contributed by atoms with E-state index in [1.165, 1.54) is 27.5 Å². The van der Waals surface area contributed by atoms with Gasteiger partial charge in [0.25, 0.3) is 11.5 Å². The number of aryl methyl sites for hydroxylation is 2. The number of rotatable bonds is 8. The summed E-state index contributed by atoms with van der Waals surface area (Å²) in [7, 11) is 1.57. The van der Waals surface area contributed by atoms with Gasteiger partial charge in [0.1, 0.15) is 18.0 Å². The molecule has 4 aromatic rings. The predicted molar refractivity (Wildman–Crippen MR) is 149 cm³/mol. The molecule has 196 valence electrons. The number of carbonyl (C=O) groups excluding carboxylic acids is 1. The number of nitrogens with one attached hydrogen (secondary N) is 1. The Morgan fingerprint density at radius 2 is 2.05 bits per heavy atom. The van der Waals surface area contributed by atoms with Crippen LogP contribution in [0.2, 0.25) is 0 Å². The third kappa shape index (κ3) is 5.62. The first-order valence-electron chi connectivity index (χ1n) is 12.6. The summed E-state index contributed by atoms with van der Waals surface area (Å²) in [4.78, 5) is 32.1. The number of methoxy groups -OCH3 is 1. The van der Waals surface area contributed by atoms with E-state index in [0.717, 1.165) is 40.8 Å². The van der Waals surface area contributed by atoms with Crippen LogP contribution in [0.15, 0.2) is 58.7 Å². The molecule has 0 spiro atoms. The highest BCUT2D eigenvalue weighted by molar-refractivity contribution is 7.18. The van der Waals surface area contributed by atoms with E-state index in [1.807, 2.05) is 37.3 Å². The molecule has 2 aromatic heterocycles. The molecule has 0 fully saturated rings. The minimum Gasteiger partial charge on any atom is -0.493 e. The van der Waals surface area contributed by atoms with Crippen LogP contribution in [-0.4, -0.2) is 28.8 Å². The average Bonchev–Trinajstić information content (AvgIpc) is 3.28. The van der Waals surface area contributed by atoms with Crippen molar-refractivity contribution < 1.29 is 14.3 Å². The van der Waals surface area contributed by atoms with E-state index in [4.69, 9.17) is 9.47 Å². The first-order chi connectivity index (χ1) is 18.4. The van der Waals surface area contributed by atoms with Gasteiger partial charge in [-0.15, -0.1) is 11.3 Å². The third-order valence-corrected chi connectivity index (χ3v) is 7.86. The van der Waals surface area contributed by atoms with Gasteiger partial charge < -0.3 is 9.47 Å². The molecule has 9 heteroatoms. The second-order valence-corrected chi connectivity index (χ2v) is 10.8. The number of ether oxygens (including phenoxy) is 2. The van der Waals surface area contributed by atoms with Crippen LogP contribution in [0.25, 0.3) is 10.2 Å². The van der Waals surface area contributed by atoms with Crippen LogP contribution in [0.4, 0.5) is 0 Å².